The second-order valence-corrected chi connectivity index (χ2v) is 4.10. The van der Waals surface area contributed by atoms with E-state index in [-0.39, 0.29) is 11.3 Å². The zero-order chi connectivity index (χ0) is 15.0. The lowest BCUT2D eigenvalue weighted by Gasteiger charge is -2.09. The average Bonchev–Trinajstić information content (AvgIpc) is 2.88. The van der Waals surface area contributed by atoms with Crippen molar-refractivity contribution in [3.05, 3.63) is 47.0 Å². The highest BCUT2D eigenvalue weighted by molar-refractivity contribution is 5.75. The minimum Gasteiger partial charge on any atom is -0.406 e. The largest absolute Gasteiger partial charge is 0.573 e. The van der Waals surface area contributed by atoms with Crippen molar-refractivity contribution in [1.82, 2.24) is 20.0 Å². The fourth-order valence-electron chi connectivity index (χ4n) is 1.82. The Morgan fingerprint density at radius 2 is 1.86 bits per heavy atom. The van der Waals surface area contributed by atoms with Gasteiger partial charge in [0, 0.05) is 5.39 Å². The summed E-state index contributed by atoms with van der Waals surface area (Å²) in [6, 6.07) is 4.82. The molecule has 21 heavy (non-hydrogen) atoms. The second-order valence-electron chi connectivity index (χ2n) is 4.10. The van der Waals surface area contributed by atoms with E-state index in [1.165, 1.54) is 24.5 Å². The molecule has 9 heteroatoms. The predicted octanol–water partition coefficient (Wildman–Crippen LogP) is 2.01. The third-order valence-corrected chi connectivity index (χ3v) is 2.70. The fourth-order valence-corrected chi connectivity index (χ4v) is 1.82. The van der Waals surface area contributed by atoms with Crippen LogP contribution < -0.4 is 10.3 Å². The Balaban J connectivity index is 1.99. The first-order chi connectivity index (χ1) is 9.94. The van der Waals surface area contributed by atoms with Gasteiger partial charge in [0.1, 0.15) is 11.3 Å². The second kappa shape index (κ2) is 4.62. The fraction of sp³-hybridized carbons (Fsp3) is 0.0833. The summed E-state index contributed by atoms with van der Waals surface area (Å²) in [4.78, 5) is 12.1. The molecule has 3 rings (SSSR count). The highest BCUT2D eigenvalue weighted by Crippen LogP contribution is 2.23. The van der Waals surface area contributed by atoms with Gasteiger partial charge in [-0.15, -0.1) is 13.2 Å². The summed E-state index contributed by atoms with van der Waals surface area (Å²) >= 11 is 0. The van der Waals surface area contributed by atoms with Crippen molar-refractivity contribution in [2.45, 2.75) is 6.36 Å². The molecule has 0 spiro atoms. The first-order valence-corrected chi connectivity index (χ1v) is 5.72. The van der Waals surface area contributed by atoms with Crippen LogP contribution in [0.4, 0.5) is 13.2 Å². The van der Waals surface area contributed by atoms with Gasteiger partial charge in [-0.3, -0.25) is 9.89 Å². The Bertz CT molecular complexity index is 836. The summed E-state index contributed by atoms with van der Waals surface area (Å²) in [5, 5.41) is 10.8. The summed E-state index contributed by atoms with van der Waals surface area (Å²) in [5.74, 6) is -0.373. The van der Waals surface area contributed by atoms with Crippen LogP contribution in [0.3, 0.4) is 0 Å². The Hall–Kier alpha value is -2.84. The predicted molar refractivity (Wildman–Crippen MR) is 66.2 cm³/mol. The van der Waals surface area contributed by atoms with E-state index in [1.807, 2.05) is 0 Å². The smallest absolute Gasteiger partial charge is 0.406 e. The SMILES string of the molecule is O=c1c2[nH]ncc2cnn1-c1ccc(OC(F)(F)F)cc1. The quantitative estimate of drug-likeness (QED) is 0.785. The number of ether oxygens (including phenoxy) is 1. The summed E-state index contributed by atoms with van der Waals surface area (Å²) in [6.07, 6.45) is -1.87. The maximum atomic E-state index is 12.1. The average molecular weight is 296 g/mol. The van der Waals surface area contributed by atoms with E-state index in [1.54, 1.807) is 0 Å². The van der Waals surface area contributed by atoms with Crippen LogP contribution in [-0.2, 0) is 0 Å². The number of nitrogens with one attached hydrogen (secondary N) is 1. The van der Waals surface area contributed by atoms with E-state index in [0.29, 0.717) is 11.1 Å². The lowest BCUT2D eigenvalue weighted by atomic mass is 10.3. The number of hydrogen-bond acceptors (Lipinski definition) is 4. The van der Waals surface area contributed by atoms with Crippen LogP contribution in [0.15, 0.2) is 41.5 Å². The molecular weight excluding hydrogens is 289 g/mol. The summed E-state index contributed by atoms with van der Waals surface area (Å²) in [6.45, 7) is 0. The first kappa shape index (κ1) is 13.2. The standard InChI is InChI=1S/C12H7F3N4O2/c13-12(14,15)21-9-3-1-8(2-4-9)19-11(20)10-7(6-17-19)5-16-18-10/h1-6H,(H,16,18). The zero-order valence-electron chi connectivity index (χ0n) is 10.3. The topological polar surface area (TPSA) is 72.8 Å². The van der Waals surface area contributed by atoms with Gasteiger partial charge in [-0.25, -0.2) is 0 Å². The van der Waals surface area contributed by atoms with Crippen molar-refractivity contribution in [2.24, 2.45) is 0 Å². The van der Waals surface area contributed by atoms with Crippen LogP contribution in [0.25, 0.3) is 16.6 Å². The molecule has 108 valence electrons. The van der Waals surface area contributed by atoms with Gasteiger partial charge in [-0.05, 0) is 24.3 Å². The van der Waals surface area contributed by atoms with Gasteiger partial charge in [0.2, 0.25) is 0 Å². The summed E-state index contributed by atoms with van der Waals surface area (Å²) in [5.41, 5.74) is 0.126. The number of halogens is 3. The lowest BCUT2D eigenvalue weighted by Crippen LogP contribution is -2.21. The molecule has 0 saturated heterocycles. The number of fused-ring (bicyclic) bond motifs is 1. The molecule has 0 aliphatic rings. The van der Waals surface area contributed by atoms with Crippen LogP contribution in [0.2, 0.25) is 0 Å². The molecular formula is C12H7F3N4O2. The van der Waals surface area contributed by atoms with Gasteiger partial charge in [0.05, 0.1) is 18.1 Å². The molecule has 0 amide bonds. The molecule has 0 fully saturated rings. The number of alkyl halides is 3. The lowest BCUT2D eigenvalue weighted by molar-refractivity contribution is -0.274. The van der Waals surface area contributed by atoms with Crippen molar-refractivity contribution >= 4 is 10.9 Å². The Kier molecular flexibility index (Phi) is 2.89. The van der Waals surface area contributed by atoms with Crippen LogP contribution in [0.5, 0.6) is 5.75 Å². The molecule has 0 saturated carbocycles. The van der Waals surface area contributed by atoms with Crippen molar-refractivity contribution in [3.8, 4) is 11.4 Å². The third-order valence-electron chi connectivity index (χ3n) is 2.70. The van der Waals surface area contributed by atoms with Crippen LogP contribution in [0.1, 0.15) is 0 Å². The van der Waals surface area contributed by atoms with Crippen molar-refractivity contribution < 1.29 is 17.9 Å². The van der Waals surface area contributed by atoms with E-state index >= 15 is 0 Å². The summed E-state index contributed by atoms with van der Waals surface area (Å²) in [7, 11) is 0. The van der Waals surface area contributed by atoms with Crippen LogP contribution in [-0.4, -0.2) is 26.3 Å². The van der Waals surface area contributed by atoms with E-state index in [2.05, 4.69) is 20.0 Å². The van der Waals surface area contributed by atoms with E-state index in [4.69, 9.17) is 0 Å². The van der Waals surface area contributed by atoms with Crippen molar-refractivity contribution in [1.29, 1.82) is 0 Å². The molecule has 1 aromatic carbocycles. The van der Waals surface area contributed by atoms with Gasteiger partial charge in [0.15, 0.2) is 0 Å². The molecule has 2 heterocycles. The molecule has 0 radical (unpaired) electrons. The first-order valence-electron chi connectivity index (χ1n) is 5.72. The number of hydrogen-bond donors (Lipinski definition) is 1. The van der Waals surface area contributed by atoms with Gasteiger partial charge in [-0.1, -0.05) is 0 Å². The van der Waals surface area contributed by atoms with E-state index in [9.17, 15) is 18.0 Å². The van der Waals surface area contributed by atoms with Gasteiger partial charge < -0.3 is 4.74 Å². The van der Waals surface area contributed by atoms with Crippen molar-refractivity contribution in [3.63, 3.8) is 0 Å². The molecule has 0 atom stereocenters. The molecule has 0 aliphatic carbocycles. The molecule has 2 aromatic heterocycles. The number of nitrogens with zero attached hydrogens (tertiary/aromatic N) is 3. The van der Waals surface area contributed by atoms with Gasteiger partial charge in [0.25, 0.3) is 5.56 Å². The minimum absolute atomic E-state index is 0.264. The van der Waals surface area contributed by atoms with Crippen LogP contribution >= 0.6 is 0 Å². The molecule has 0 bridgehead atoms. The number of aromatic nitrogens is 4. The third kappa shape index (κ3) is 2.57. The zero-order valence-corrected chi connectivity index (χ0v) is 10.3. The Morgan fingerprint density at radius 3 is 2.52 bits per heavy atom. The molecule has 0 aliphatic heterocycles. The van der Waals surface area contributed by atoms with E-state index < -0.39 is 11.9 Å². The number of rotatable bonds is 2. The van der Waals surface area contributed by atoms with E-state index in [0.717, 1.165) is 16.8 Å². The molecule has 6 nitrogen and oxygen atoms in total. The number of aromatic amines is 1. The normalized spacial score (nSPS) is 11.8. The maximum Gasteiger partial charge on any atom is 0.573 e. The number of benzene rings is 1. The van der Waals surface area contributed by atoms with Crippen LogP contribution in [0, 0.1) is 0 Å². The molecule has 3 aromatic rings. The maximum absolute atomic E-state index is 12.1. The summed E-state index contributed by atoms with van der Waals surface area (Å²) < 4.78 is 41.0. The highest BCUT2D eigenvalue weighted by Gasteiger charge is 2.31. The van der Waals surface area contributed by atoms with Gasteiger partial charge in [-0.2, -0.15) is 14.9 Å². The molecule has 0 unspecified atom stereocenters. The molecule has 1 N–H and O–H groups in total. The Morgan fingerprint density at radius 1 is 1.14 bits per heavy atom. The van der Waals surface area contributed by atoms with Gasteiger partial charge >= 0.3 is 6.36 Å². The van der Waals surface area contributed by atoms with Crippen molar-refractivity contribution in [2.75, 3.05) is 0 Å². The Labute approximate surface area is 114 Å². The number of H-pyrrole nitrogens is 1. The highest BCUT2D eigenvalue weighted by atomic mass is 19.4. The monoisotopic (exact) mass is 296 g/mol. The minimum atomic E-state index is -4.76.